The summed E-state index contributed by atoms with van der Waals surface area (Å²) >= 11 is 3.45. The Kier molecular flexibility index (Phi) is 2.14. The molecule has 0 saturated carbocycles. The molecule has 0 atom stereocenters. The average molecular weight is 254 g/mol. The third kappa shape index (κ3) is 1.57. The zero-order valence-electron chi connectivity index (χ0n) is 8.47. The minimum absolute atomic E-state index is 0.00442. The first-order valence-corrected chi connectivity index (χ1v) is 5.33. The van der Waals surface area contributed by atoms with Crippen LogP contribution in [0.4, 0.5) is 0 Å². The molecule has 0 unspecified atom stereocenters. The summed E-state index contributed by atoms with van der Waals surface area (Å²) in [6.45, 7) is 6.36. The maximum absolute atomic E-state index is 5.36. The van der Waals surface area contributed by atoms with E-state index in [1.165, 1.54) is 0 Å². The average Bonchev–Trinajstić information content (AvgIpc) is 2.45. The highest BCUT2D eigenvalue weighted by atomic mass is 79.9. The van der Waals surface area contributed by atoms with E-state index >= 15 is 0 Å². The van der Waals surface area contributed by atoms with Gasteiger partial charge >= 0.3 is 0 Å². The minimum atomic E-state index is -0.00442. The molecule has 2 aromatic rings. The molecule has 3 heteroatoms. The van der Waals surface area contributed by atoms with Crippen LogP contribution < -0.4 is 0 Å². The molecular formula is C11H12BrNO. The molecule has 0 spiro atoms. The van der Waals surface area contributed by atoms with Gasteiger partial charge in [0.15, 0.2) is 0 Å². The summed E-state index contributed by atoms with van der Waals surface area (Å²) in [6.07, 6.45) is 0. The van der Waals surface area contributed by atoms with E-state index < -0.39 is 0 Å². The number of fused-ring (bicyclic) bond motifs is 1. The lowest BCUT2D eigenvalue weighted by atomic mass is 9.91. The lowest BCUT2D eigenvalue weighted by Crippen LogP contribution is -2.09. The van der Waals surface area contributed by atoms with Crippen molar-refractivity contribution in [3.05, 3.63) is 28.4 Å². The summed E-state index contributed by atoms with van der Waals surface area (Å²) in [7, 11) is 0. The van der Waals surface area contributed by atoms with Crippen LogP contribution in [0.2, 0.25) is 0 Å². The first-order chi connectivity index (χ1) is 6.48. The van der Waals surface area contributed by atoms with Crippen LogP contribution in [0.15, 0.2) is 27.2 Å². The van der Waals surface area contributed by atoms with Gasteiger partial charge in [-0.2, -0.15) is 0 Å². The second-order valence-electron chi connectivity index (χ2n) is 4.42. The van der Waals surface area contributed by atoms with Crippen molar-refractivity contribution in [2.45, 2.75) is 26.2 Å². The van der Waals surface area contributed by atoms with Crippen molar-refractivity contribution in [3.8, 4) is 0 Å². The third-order valence-electron chi connectivity index (χ3n) is 2.12. The van der Waals surface area contributed by atoms with Gasteiger partial charge in [0.25, 0.3) is 0 Å². The Morgan fingerprint density at radius 2 is 2.00 bits per heavy atom. The smallest absolute Gasteiger partial charge is 0.149 e. The van der Waals surface area contributed by atoms with E-state index in [0.717, 1.165) is 21.1 Å². The van der Waals surface area contributed by atoms with E-state index in [1.54, 1.807) is 0 Å². The summed E-state index contributed by atoms with van der Waals surface area (Å²) in [4.78, 5) is 0. The van der Waals surface area contributed by atoms with Crippen molar-refractivity contribution in [2.24, 2.45) is 0 Å². The maximum atomic E-state index is 5.36. The van der Waals surface area contributed by atoms with E-state index in [2.05, 4.69) is 41.9 Å². The predicted molar refractivity (Wildman–Crippen MR) is 60.4 cm³/mol. The zero-order chi connectivity index (χ0) is 10.3. The molecule has 0 aliphatic carbocycles. The van der Waals surface area contributed by atoms with Crippen LogP contribution in [0, 0.1) is 0 Å². The van der Waals surface area contributed by atoms with Gasteiger partial charge in [-0.05, 0) is 18.2 Å². The van der Waals surface area contributed by atoms with Gasteiger partial charge in [0.05, 0.1) is 0 Å². The fourth-order valence-electron chi connectivity index (χ4n) is 1.45. The highest BCUT2D eigenvalue weighted by Crippen LogP contribution is 2.31. The topological polar surface area (TPSA) is 26.0 Å². The van der Waals surface area contributed by atoms with Crippen LogP contribution in [-0.2, 0) is 5.41 Å². The summed E-state index contributed by atoms with van der Waals surface area (Å²) in [5, 5.41) is 5.12. The van der Waals surface area contributed by atoms with Crippen molar-refractivity contribution < 1.29 is 4.52 Å². The van der Waals surface area contributed by atoms with Gasteiger partial charge in [0, 0.05) is 15.3 Å². The molecule has 0 radical (unpaired) electrons. The number of benzene rings is 1. The molecular weight excluding hydrogens is 242 g/mol. The van der Waals surface area contributed by atoms with Crippen molar-refractivity contribution in [1.82, 2.24) is 5.16 Å². The van der Waals surface area contributed by atoms with Crippen molar-refractivity contribution in [1.29, 1.82) is 0 Å². The van der Waals surface area contributed by atoms with Crippen LogP contribution in [0.5, 0.6) is 0 Å². The lowest BCUT2D eigenvalue weighted by Gasteiger charge is -2.13. The summed E-state index contributed by atoms with van der Waals surface area (Å²) in [5.74, 6) is 0.939. The van der Waals surface area contributed by atoms with Gasteiger partial charge in [0.1, 0.15) is 11.3 Å². The first-order valence-electron chi connectivity index (χ1n) is 4.54. The van der Waals surface area contributed by atoms with E-state index in [-0.39, 0.29) is 5.41 Å². The second-order valence-corrected chi connectivity index (χ2v) is 5.34. The number of rotatable bonds is 0. The molecule has 0 bridgehead atoms. The summed E-state index contributed by atoms with van der Waals surface area (Å²) in [6, 6.07) is 5.97. The van der Waals surface area contributed by atoms with Gasteiger partial charge in [-0.25, -0.2) is 0 Å². The lowest BCUT2D eigenvalue weighted by molar-refractivity contribution is 0.336. The van der Waals surface area contributed by atoms with Gasteiger partial charge in [0.2, 0.25) is 0 Å². The van der Waals surface area contributed by atoms with Crippen molar-refractivity contribution in [2.75, 3.05) is 0 Å². The minimum Gasteiger partial charge on any atom is -0.360 e. The van der Waals surface area contributed by atoms with Gasteiger partial charge < -0.3 is 4.52 Å². The van der Waals surface area contributed by atoms with Crippen LogP contribution in [0.25, 0.3) is 10.9 Å². The monoisotopic (exact) mass is 253 g/mol. The zero-order valence-corrected chi connectivity index (χ0v) is 10.1. The normalized spacial score (nSPS) is 12.3. The maximum Gasteiger partial charge on any atom is 0.149 e. The van der Waals surface area contributed by atoms with Gasteiger partial charge in [-0.1, -0.05) is 41.9 Å². The Labute approximate surface area is 91.4 Å². The molecule has 0 N–H and O–H groups in total. The second kappa shape index (κ2) is 3.09. The standard InChI is InChI=1S/C11H12BrNO/c1-11(2,3)10-8-6-7(12)4-5-9(8)13-14-10/h4-6H,1-3H3. The van der Waals surface area contributed by atoms with E-state index in [9.17, 15) is 0 Å². The highest BCUT2D eigenvalue weighted by molar-refractivity contribution is 9.10. The molecule has 74 valence electrons. The SMILES string of the molecule is CC(C)(C)c1onc2ccc(Br)cc12. The van der Waals surface area contributed by atoms with E-state index in [4.69, 9.17) is 4.52 Å². The Morgan fingerprint density at radius 3 is 2.64 bits per heavy atom. The number of nitrogens with zero attached hydrogens (tertiary/aromatic N) is 1. The molecule has 2 rings (SSSR count). The summed E-state index contributed by atoms with van der Waals surface area (Å²) in [5.41, 5.74) is 0.911. The number of aromatic nitrogens is 1. The van der Waals surface area contributed by atoms with E-state index in [0.29, 0.717) is 0 Å². The van der Waals surface area contributed by atoms with Gasteiger partial charge in [-0.3, -0.25) is 0 Å². The quantitative estimate of drug-likeness (QED) is 0.712. The van der Waals surface area contributed by atoms with Crippen LogP contribution in [0.3, 0.4) is 0 Å². The van der Waals surface area contributed by atoms with Crippen LogP contribution in [-0.4, -0.2) is 5.16 Å². The largest absolute Gasteiger partial charge is 0.360 e. The molecule has 0 amide bonds. The Bertz CT molecular complexity index is 468. The fourth-order valence-corrected chi connectivity index (χ4v) is 1.82. The molecule has 1 aromatic heterocycles. The third-order valence-corrected chi connectivity index (χ3v) is 2.61. The predicted octanol–water partition coefficient (Wildman–Crippen LogP) is 3.89. The molecule has 0 aliphatic rings. The van der Waals surface area contributed by atoms with E-state index in [1.807, 2.05) is 18.2 Å². The molecule has 1 heterocycles. The molecule has 2 nitrogen and oxygen atoms in total. The first kappa shape index (κ1) is 9.71. The van der Waals surface area contributed by atoms with Gasteiger partial charge in [-0.15, -0.1) is 0 Å². The van der Waals surface area contributed by atoms with Crippen molar-refractivity contribution in [3.63, 3.8) is 0 Å². The fraction of sp³-hybridized carbons (Fsp3) is 0.364. The number of hydrogen-bond donors (Lipinski definition) is 0. The summed E-state index contributed by atoms with van der Waals surface area (Å²) < 4.78 is 6.42. The Balaban J connectivity index is 2.73. The number of hydrogen-bond acceptors (Lipinski definition) is 2. The van der Waals surface area contributed by atoms with Crippen LogP contribution in [0.1, 0.15) is 26.5 Å². The number of halogens is 1. The molecule has 1 aromatic carbocycles. The Morgan fingerprint density at radius 1 is 1.29 bits per heavy atom. The Hall–Kier alpha value is -0.830. The molecule has 14 heavy (non-hydrogen) atoms. The van der Waals surface area contributed by atoms with Crippen LogP contribution >= 0.6 is 15.9 Å². The van der Waals surface area contributed by atoms with Crippen molar-refractivity contribution >= 4 is 26.8 Å². The highest BCUT2D eigenvalue weighted by Gasteiger charge is 2.22. The molecule has 0 saturated heterocycles. The molecule has 0 fully saturated rings. The molecule has 0 aliphatic heterocycles.